The van der Waals surface area contributed by atoms with Crippen LogP contribution in [0.5, 0.6) is 0 Å². The molecule has 4 nitrogen and oxygen atoms in total. The van der Waals surface area contributed by atoms with Gasteiger partial charge in [0.15, 0.2) is 4.77 Å². The van der Waals surface area contributed by atoms with Gasteiger partial charge >= 0.3 is 0 Å². The highest BCUT2D eigenvalue weighted by Crippen LogP contribution is 2.33. The summed E-state index contributed by atoms with van der Waals surface area (Å²) in [6, 6.07) is 8.53. The summed E-state index contributed by atoms with van der Waals surface area (Å²) in [5.41, 5.74) is 3.13. The van der Waals surface area contributed by atoms with Gasteiger partial charge in [-0.05, 0) is 44.0 Å². The van der Waals surface area contributed by atoms with Crippen LogP contribution in [-0.4, -0.2) is 25.7 Å². The number of pyridine rings is 1. The molecule has 0 amide bonds. The number of imidazole rings is 1. The first-order valence-electron chi connectivity index (χ1n) is 7.40. The van der Waals surface area contributed by atoms with Crippen LogP contribution in [-0.2, 0) is 0 Å². The van der Waals surface area contributed by atoms with Crippen LogP contribution in [0.1, 0.15) is 31.7 Å². The van der Waals surface area contributed by atoms with Gasteiger partial charge in [0.1, 0.15) is 0 Å². The maximum atomic E-state index is 9.73. The third kappa shape index (κ3) is 2.08. The number of H-pyrrole nitrogens is 1. The minimum atomic E-state index is -0.154. The molecule has 0 bridgehead atoms. The molecule has 5 heteroatoms. The van der Waals surface area contributed by atoms with Crippen LogP contribution in [0.15, 0.2) is 30.5 Å². The highest BCUT2D eigenvalue weighted by Gasteiger charge is 2.23. The van der Waals surface area contributed by atoms with Gasteiger partial charge in [0.05, 0.1) is 28.9 Å². The van der Waals surface area contributed by atoms with Crippen LogP contribution >= 0.6 is 12.2 Å². The number of nitrogens with one attached hydrogen (secondary N) is 1. The average molecular weight is 299 g/mol. The molecule has 1 aliphatic carbocycles. The zero-order valence-electron chi connectivity index (χ0n) is 11.6. The second-order valence-corrected chi connectivity index (χ2v) is 6.19. The number of aliphatic hydroxyl groups is 1. The summed E-state index contributed by atoms with van der Waals surface area (Å²) in [5.74, 6) is 0. The first-order chi connectivity index (χ1) is 10.2. The molecule has 0 saturated heterocycles. The minimum Gasteiger partial charge on any atom is -0.393 e. The monoisotopic (exact) mass is 299 g/mol. The third-order valence-corrected chi connectivity index (χ3v) is 4.78. The van der Waals surface area contributed by atoms with E-state index < -0.39 is 0 Å². The molecular formula is C16H17N3OS. The Bertz CT molecular complexity index is 859. The Labute approximate surface area is 127 Å². The second-order valence-electron chi connectivity index (χ2n) is 5.80. The summed E-state index contributed by atoms with van der Waals surface area (Å²) >= 11 is 5.54. The van der Waals surface area contributed by atoms with Crippen molar-refractivity contribution in [1.82, 2.24) is 14.5 Å². The quantitative estimate of drug-likeness (QED) is 0.673. The molecule has 1 fully saturated rings. The standard InChI is InChI=1S/C16H17N3OS/c20-11-7-5-10(6-8-11)19-15-12-3-1-2-4-13(12)17-9-14(15)18-16(19)21/h1-4,9-11,20H,5-8H2,(H,18,21). The van der Waals surface area contributed by atoms with Crippen LogP contribution in [0.3, 0.4) is 0 Å². The topological polar surface area (TPSA) is 53.8 Å². The maximum absolute atomic E-state index is 9.73. The number of hydrogen-bond donors (Lipinski definition) is 2. The normalized spacial score (nSPS) is 22.9. The Balaban J connectivity index is 1.97. The van der Waals surface area contributed by atoms with Crippen LogP contribution in [0.2, 0.25) is 0 Å². The Morgan fingerprint density at radius 3 is 2.76 bits per heavy atom. The fourth-order valence-corrected chi connectivity index (χ4v) is 3.77. The zero-order chi connectivity index (χ0) is 14.4. The lowest BCUT2D eigenvalue weighted by atomic mass is 9.93. The lowest BCUT2D eigenvalue weighted by Crippen LogP contribution is -2.21. The highest BCUT2D eigenvalue weighted by atomic mass is 32.1. The molecule has 2 heterocycles. The summed E-state index contributed by atoms with van der Waals surface area (Å²) in [6.07, 6.45) is 5.35. The van der Waals surface area contributed by atoms with E-state index in [9.17, 15) is 5.11 Å². The molecule has 1 saturated carbocycles. The van der Waals surface area contributed by atoms with Crippen LogP contribution in [0.25, 0.3) is 21.9 Å². The number of aliphatic hydroxyl groups excluding tert-OH is 1. The smallest absolute Gasteiger partial charge is 0.178 e. The number of aromatic nitrogens is 3. The molecule has 2 N–H and O–H groups in total. The van der Waals surface area contributed by atoms with Crippen LogP contribution in [0.4, 0.5) is 0 Å². The lowest BCUT2D eigenvalue weighted by Gasteiger charge is -2.27. The fraction of sp³-hybridized carbons (Fsp3) is 0.375. The number of nitrogens with zero attached hydrogens (tertiary/aromatic N) is 2. The number of hydrogen-bond acceptors (Lipinski definition) is 3. The molecule has 1 aliphatic rings. The van der Waals surface area contributed by atoms with Crippen LogP contribution in [0, 0.1) is 4.77 Å². The van der Waals surface area contributed by atoms with Gasteiger partial charge in [0.25, 0.3) is 0 Å². The van der Waals surface area contributed by atoms with Crippen molar-refractivity contribution >= 4 is 34.2 Å². The van der Waals surface area contributed by atoms with Crippen molar-refractivity contribution < 1.29 is 5.11 Å². The summed E-state index contributed by atoms with van der Waals surface area (Å²) in [4.78, 5) is 7.77. The van der Waals surface area contributed by atoms with E-state index in [-0.39, 0.29) is 6.10 Å². The van der Waals surface area contributed by atoms with E-state index in [1.165, 1.54) is 0 Å². The Morgan fingerprint density at radius 2 is 1.95 bits per heavy atom. The molecule has 0 aliphatic heterocycles. The molecule has 0 unspecified atom stereocenters. The van der Waals surface area contributed by atoms with Crippen molar-refractivity contribution in [2.24, 2.45) is 0 Å². The lowest BCUT2D eigenvalue weighted by molar-refractivity contribution is 0.111. The van der Waals surface area contributed by atoms with Crippen molar-refractivity contribution in [3.63, 3.8) is 0 Å². The fourth-order valence-electron chi connectivity index (χ4n) is 3.42. The summed E-state index contributed by atoms with van der Waals surface area (Å²) in [5, 5.41) is 10.9. The number of benzene rings is 1. The molecule has 2 aromatic heterocycles. The van der Waals surface area contributed by atoms with Crippen molar-refractivity contribution in [2.75, 3.05) is 0 Å². The summed E-state index contributed by atoms with van der Waals surface area (Å²) in [6.45, 7) is 0. The number of para-hydroxylation sites is 1. The van der Waals surface area contributed by atoms with Crippen molar-refractivity contribution in [2.45, 2.75) is 37.8 Å². The van der Waals surface area contributed by atoms with Gasteiger partial charge in [-0.1, -0.05) is 18.2 Å². The van der Waals surface area contributed by atoms with Crippen LogP contribution < -0.4 is 0 Å². The first-order valence-corrected chi connectivity index (χ1v) is 7.81. The van der Waals surface area contributed by atoms with Gasteiger partial charge in [0.2, 0.25) is 0 Å². The largest absolute Gasteiger partial charge is 0.393 e. The van der Waals surface area contributed by atoms with E-state index in [4.69, 9.17) is 12.2 Å². The van der Waals surface area contributed by atoms with Gasteiger partial charge in [-0.3, -0.25) is 4.98 Å². The van der Waals surface area contributed by atoms with E-state index in [0.717, 1.165) is 52.4 Å². The molecule has 0 radical (unpaired) electrons. The third-order valence-electron chi connectivity index (χ3n) is 4.48. The Kier molecular flexibility index (Phi) is 3.05. The number of fused-ring (bicyclic) bond motifs is 3. The van der Waals surface area contributed by atoms with Crippen molar-refractivity contribution in [3.8, 4) is 0 Å². The predicted molar refractivity (Wildman–Crippen MR) is 85.9 cm³/mol. The molecule has 3 aromatic rings. The number of aromatic amines is 1. The van der Waals surface area contributed by atoms with Gasteiger partial charge in [-0.2, -0.15) is 0 Å². The highest BCUT2D eigenvalue weighted by molar-refractivity contribution is 7.71. The SMILES string of the molecule is OC1CCC(n2c(=S)[nH]c3cnc4ccccc4c32)CC1. The molecule has 1 aromatic carbocycles. The van der Waals surface area contributed by atoms with Gasteiger partial charge < -0.3 is 14.7 Å². The summed E-state index contributed by atoms with van der Waals surface area (Å²) in [7, 11) is 0. The van der Waals surface area contributed by atoms with E-state index in [2.05, 4.69) is 20.6 Å². The summed E-state index contributed by atoms with van der Waals surface area (Å²) < 4.78 is 2.99. The minimum absolute atomic E-state index is 0.154. The molecule has 0 spiro atoms. The van der Waals surface area contributed by atoms with Gasteiger partial charge in [-0.15, -0.1) is 0 Å². The van der Waals surface area contributed by atoms with E-state index >= 15 is 0 Å². The van der Waals surface area contributed by atoms with Crippen molar-refractivity contribution in [3.05, 3.63) is 35.2 Å². The van der Waals surface area contributed by atoms with Gasteiger partial charge in [-0.25, -0.2) is 0 Å². The molecule has 0 atom stereocenters. The first kappa shape index (κ1) is 13.0. The molecule has 21 heavy (non-hydrogen) atoms. The van der Waals surface area contributed by atoms with E-state index in [1.54, 1.807) is 0 Å². The second kappa shape index (κ2) is 4.93. The van der Waals surface area contributed by atoms with E-state index in [0.29, 0.717) is 6.04 Å². The van der Waals surface area contributed by atoms with Gasteiger partial charge in [0, 0.05) is 11.4 Å². The predicted octanol–water partition coefficient (Wildman–Crippen LogP) is 3.72. The average Bonchev–Trinajstić information content (AvgIpc) is 2.85. The molecular weight excluding hydrogens is 282 g/mol. The Morgan fingerprint density at radius 1 is 1.19 bits per heavy atom. The number of rotatable bonds is 1. The zero-order valence-corrected chi connectivity index (χ0v) is 12.4. The maximum Gasteiger partial charge on any atom is 0.178 e. The van der Waals surface area contributed by atoms with E-state index in [1.807, 2.05) is 24.4 Å². The van der Waals surface area contributed by atoms with Crippen molar-refractivity contribution in [1.29, 1.82) is 0 Å². The Hall–Kier alpha value is -1.72. The molecule has 4 rings (SSSR count). The molecule has 108 valence electrons.